The minimum Gasteiger partial charge on any atom is -0.334 e. The number of fused-ring (bicyclic) bond motifs is 1. The van der Waals surface area contributed by atoms with E-state index in [4.69, 9.17) is 5.21 Å². The fraction of sp³-hybridized carbons (Fsp3) is 0.467. The van der Waals surface area contributed by atoms with Crippen LogP contribution in [0.1, 0.15) is 35.2 Å². The summed E-state index contributed by atoms with van der Waals surface area (Å²) in [7, 11) is 0. The maximum Gasteiger partial charge on any atom is 0.256 e. The fourth-order valence-electron chi connectivity index (χ4n) is 2.63. The quantitative estimate of drug-likeness (QED) is 0.545. The Morgan fingerprint density at radius 3 is 2.90 bits per heavy atom. The molecule has 1 aliphatic heterocycles. The molecular formula is C15H19N3O3. The molecule has 3 rings (SSSR count). The molecule has 3 N–H and O–H groups in total. The van der Waals surface area contributed by atoms with E-state index in [1.807, 2.05) is 12.1 Å². The highest BCUT2D eigenvalue weighted by Crippen LogP contribution is 2.33. The third kappa shape index (κ3) is 2.91. The Bertz CT molecular complexity index is 569. The second kappa shape index (κ2) is 5.83. The lowest BCUT2D eigenvalue weighted by atomic mass is 10.1. The topological polar surface area (TPSA) is 81.7 Å². The summed E-state index contributed by atoms with van der Waals surface area (Å²) in [5.74, 6) is 0.0814. The monoisotopic (exact) mass is 289 g/mol. The zero-order valence-corrected chi connectivity index (χ0v) is 11.8. The standard InChI is InChI=1S/C15H19N3O3/c19-14(10-5-6-10)17-12-4-1-3-11-9-18(8-2-7-16-21)15(20)13(11)12/h1,3-4,10,16,21H,2,5-9H2,(H,17,19). The summed E-state index contributed by atoms with van der Waals surface area (Å²) in [6.07, 6.45) is 2.56. The lowest BCUT2D eigenvalue weighted by Crippen LogP contribution is -2.27. The van der Waals surface area contributed by atoms with Gasteiger partial charge >= 0.3 is 0 Å². The van der Waals surface area contributed by atoms with Crippen LogP contribution in [0.5, 0.6) is 0 Å². The zero-order valence-electron chi connectivity index (χ0n) is 11.8. The van der Waals surface area contributed by atoms with Crippen LogP contribution in [0.2, 0.25) is 0 Å². The number of nitrogens with one attached hydrogen (secondary N) is 2. The van der Waals surface area contributed by atoms with Gasteiger partial charge in [-0.15, -0.1) is 0 Å². The van der Waals surface area contributed by atoms with Crippen molar-refractivity contribution >= 4 is 17.5 Å². The van der Waals surface area contributed by atoms with E-state index in [2.05, 4.69) is 10.8 Å². The van der Waals surface area contributed by atoms with Gasteiger partial charge in [0.2, 0.25) is 5.91 Å². The third-order valence-electron chi connectivity index (χ3n) is 3.94. The Balaban J connectivity index is 1.74. The Morgan fingerprint density at radius 1 is 1.38 bits per heavy atom. The number of anilines is 1. The van der Waals surface area contributed by atoms with E-state index < -0.39 is 0 Å². The smallest absolute Gasteiger partial charge is 0.256 e. The summed E-state index contributed by atoms with van der Waals surface area (Å²) in [6.45, 7) is 1.59. The average molecular weight is 289 g/mol. The third-order valence-corrected chi connectivity index (χ3v) is 3.94. The molecule has 1 aromatic carbocycles. The molecule has 6 heteroatoms. The van der Waals surface area contributed by atoms with E-state index in [9.17, 15) is 9.59 Å². The molecule has 2 amide bonds. The molecule has 1 heterocycles. The van der Waals surface area contributed by atoms with Crippen LogP contribution in [0, 0.1) is 5.92 Å². The van der Waals surface area contributed by atoms with Crippen molar-refractivity contribution in [1.82, 2.24) is 10.4 Å². The van der Waals surface area contributed by atoms with E-state index in [0.717, 1.165) is 18.4 Å². The van der Waals surface area contributed by atoms with Crippen LogP contribution in [-0.4, -0.2) is 35.0 Å². The first kappa shape index (κ1) is 14.0. The summed E-state index contributed by atoms with van der Waals surface area (Å²) in [4.78, 5) is 26.1. The molecule has 0 atom stereocenters. The van der Waals surface area contributed by atoms with E-state index in [-0.39, 0.29) is 17.7 Å². The van der Waals surface area contributed by atoms with Crippen molar-refractivity contribution in [2.24, 2.45) is 5.92 Å². The van der Waals surface area contributed by atoms with Gasteiger partial charge in [0.05, 0.1) is 11.3 Å². The molecule has 1 aromatic rings. The molecule has 0 unspecified atom stereocenters. The van der Waals surface area contributed by atoms with Crippen LogP contribution < -0.4 is 10.8 Å². The van der Waals surface area contributed by atoms with Gasteiger partial charge in [-0.1, -0.05) is 12.1 Å². The molecule has 1 aliphatic carbocycles. The Kier molecular flexibility index (Phi) is 3.90. The van der Waals surface area contributed by atoms with Crippen molar-refractivity contribution in [3.8, 4) is 0 Å². The van der Waals surface area contributed by atoms with Crippen LogP contribution in [0.4, 0.5) is 5.69 Å². The van der Waals surface area contributed by atoms with Gasteiger partial charge in [0.15, 0.2) is 0 Å². The molecule has 1 saturated carbocycles. The van der Waals surface area contributed by atoms with E-state index in [1.54, 1.807) is 11.0 Å². The molecule has 0 radical (unpaired) electrons. The molecule has 0 bridgehead atoms. The van der Waals surface area contributed by atoms with E-state index in [0.29, 0.717) is 37.3 Å². The van der Waals surface area contributed by atoms with Crippen LogP contribution in [-0.2, 0) is 11.3 Å². The van der Waals surface area contributed by atoms with Crippen molar-refractivity contribution < 1.29 is 14.8 Å². The summed E-state index contributed by atoms with van der Waals surface area (Å²) >= 11 is 0. The second-order valence-corrected chi connectivity index (χ2v) is 5.59. The number of benzene rings is 1. The lowest BCUT2D eigenvalue weighted by molar-refractivity contribution is -0.117. The molecular weight excluding hydrogens is 270 g/mol. The minimum absolute atomic E-state index is 0.0131. The van der Waals surface area contributed by atoms with Crippen LogP contribution in [0.15, 0.2) is 18.2 Å². The van der Waals surface area contributed by atoms with Gasteiger partial charge in [-0.2, -0.15) is 0 Å². The molecule has 21 heavy (non-hydrogen) atoms. The van der Waals surface area contributed by atoms with Gasteiger partial charge in [0.25, 0.3) is 5.91 Å². The second-order valence-electron chi connectivity index (χ2n) is 5.59. The highest BCUT2D eigenvalue weighted by Gasteiger charge is 2.33. The van der Waals surface area contributed by atoms with Crippen molar-refractivity contribution in [2.75, 3.05) is 18.4 Å². The van der Waals surface area contributed by atoms with Crippen LogP contribution in [0.3, 0.4) is 0 Å². The first-order valence-electron chi connectivity index (χ1n) is 7.29. The minimum atomic E-state index is -0.0466. The van der Waals surface area contributed by atoms with Gasteiger partial charge in [-0.3, -0.25) is 9.59 Å². The number of hydroxylamine groups is 1. The Hall–Kier alpha value is -1.92. The summed E-state index contributed by atoms with van der Waals surface area (Å²) < 4.78 is 0. The van der Waals surface area contributed by atoms with Crippen molar-refractivity contribution in [3.05, 3.63) is 29.3 Å². The molecule has 0 spiro atoms. The molecule has 1 fully saturated rings. The normalized spacial score (nSPS) is 17.0. The molecule has 2 aliphatic rings. The average Bonchev–Trinajstić information content (AvgIpc) is 3.26. The molecule has 0 aromatic heterocycles. The van der Waals surface area contributed by atoms with Crippen molar-refractivity contribution in [3.63, 3.8) is 0 Å². The zero-order chi connectivity index (χ0) is 14.8. The number of rotatable bonds is 6. The van der Waals surface area contributed by atoms with Crippen molar-refractivity contribution in [2.45, 2.75) is 25.8 Å². The van der Waals surface area contributed by atoms with Gasteiger partial charge in [-0.25, -0.2) is 5.48 Å². The number of hydrogen-bond acceptors (Lipinski definition) is 4. The van der Waals surface area contributed by atoms with Gasteiger partial charge in [-0.05, 0) is 30.9 Å². The number of carbonyl (C=O) groups is 2. The maximum atomic E-state index is 12.5. The maximum absolute atomic E-state index is 12.5. The summed E-state index contributed by atoms with van der Waals surface area (Å²) in [5, 5.41) is 11.5. The Labute approximate surface area is 123 Å². The molecule has 0 saturated heterocycles. The largest absolute Gasteiger partial charge is 0.334 e. The van der Waals surface area contributed by atoms with Crippen molar-refractivity contribution in [1.29, 1.82) is 0 Å². The van der Waals surface area contributed by atoms with E-state index in [1.165, 1.54) is 0 Å². The Morgan fingerprint density at radius 2 is 2.19 bits per heavy atom. The van der Waals surface area contributed by atoms with Gasteiger partial charge < -0.3 is 15.4 Å². The molecule has 112 valence electrons. The van der Waals surface area contributed by atoms with E-state index >= 15 is 0 Å². The summed E-state index contributed by atoms with van der Waals surface area (Å²) in [5.41, 5.74) is 4.28. The SMILES string of the molecule is O=C(Nc1cccc2c1C(=O)N(CCCNO)C2)C1CC1. The number of amides is 2. The molecule has 6 nitrogen and oxygen atoms in total. The van der Waals surface area contributed by atoms with Crippen LogP contribution >= 0.6 is 0 Å². The predicted molar refractivity (Wildman–Crippen MR) is 76.9 cm³/mol. The van der Waals surface area contributed by atoms with Crippen LogP contribution in [0.25, 0.3) is 0 Å². The number of carbonyl (C=O) groups excluding carboxylic acids is 2. The lowest BCUT2D eigenvalue weighted by Gasteiger charge is -2.15. The predicted octanol–water partition coefficient (Wildman–Crippen LogP) is 1.36. The fourth-order valence-corrected chi connectivity index (χ4v) is 2.63. The summed E-state index contributed by atoms with van der Waals surface area (Å²) in [6, 6.07) is 5.58. The highest BCUT2D eigenvalue weighted by molar-refractivity contribution is 6.07. The van der Waals surface area contributed by atoms with Gasteiger partial charge in [0, 0.05) is 25.6 Å². The first-order chi connectivity index (χ1) is 10.2. The highest BCUT2D eigenvalue weighted by atomic mass is 16.5. The first-order valence-corrected chi connectivity index (χ1v) is 7.29. The number of hydrogen-bond donors (Lipinski definition) is 3. The van der Waals surface area contributed by atoms with Gasteiger partial charge in [0.1, 0.15) is 0 Å². The number of nitrogens with zero attached hydrogens (tertiary/aromatic N) is 1.